The highest BCUT2D eigenvalue weighted by atomic mass is 79.9. The summed E-state index contributed by atoms with van der Waals surface area (Å²) in [6, 6.07) is 9.50. The summed E-state index contributed by atoms with van der Waals surface area (Å²) in [6.07, 6.45) is 5.61. The van der Waals surface area contributed by atoms with Crippen molar-refractivity contribution in [3.05, 3.63) is 34.3 Å². The third-order valence-electron chi connectivity index (χ3n) is 3.52. The second kappa shape index (κ2) is 5.83. The molecule has 1 saturated carbocycles. The molecule has 1 nitrogen and oxygen atoms in total. The van der Waals surface area contributed by atoms with E-state index in [0.717, 1.165) is 19.1 Å². The molecular formula is C14H20BrN. The average Bonchev–Trinajstić information content (AvgIpc) is 2.79. The minimum absolute atomic E-state index is 0.823. The molecule has 2 heteroatoms. The molecule has 1 aliphatic carbocycles. The van der Waals surface area contributed by atoms with Crippen molar-refractivity contribution in [2.45, 2.75) is 45.2 Å². The summed E-state index contributed by atoms with van der Waals surface area (Å²) in [5, 5.41) is 0. The Kier molecular flexibility index (Phi) is 4.42. The van der Waals surface area contributed by atoms with Crippen LogP contribution in [0.3, 0.4) is 0 Å². The van der Waals surface area contributed by atoms with E-state index < -0.39 is 0 Å². The van der Waals surface area contributed by atoms with Crippen molar-refractivity contribution in [3.8, 4) is 0 Å². The Morgan fingerprint density at radius 3 is 2.69 bits per heavy atom. The Morgan fingerprint density at radius 2 is 2.06 bits per heavy atom. The molecule has 0 atom stereocenters. The van der Waals surface area contributed by atoms with Crippen LogP contribution in [0.2, 0.25) is 0 Å². The maximum atomic E-state index is 3.54. The normalized spacial score (nSPS) is 17.2. The molecule has 0 aliphatic heterocycles. The van der Waals surface area contributed by atoms with Crippen molar-refractivity contribution in [2.75, 3.05) is 6.54 Å². The van der Waals surface area contributed by atoms with Crippen LogP contribution in [0.4, 0.5) is 0 Å². The highest BCUT2D eigenvalue weighted by molar-refractivity contribution is 9.10. The second-order valence-electron chi connectivity index (χ2n) is 4.63. The summed E-state index contributed by atoms with van der Waals surface area (Å²) in [6.45, 7) is 4.54. The van der Waals surface area contributed by atoms with Gasteiger partial charge in [0.2, 0.25) is 0 Å². The predicted octanol–water partition coefficient (Wildman–Crippen LogP) is 4.21. The number of rotatable bonds is 4. The van der Waals surface area contributed by atoms with Gasteiger partial charge in [-0.1, -0.05) is 47.8 Å². The molecule has 0 aromatic heterocycles. The quantitative estimate of drug-likeness (QED) is 0.799. The Balaban J connectivity index is 2.00. The molecule has 1 aliphatic rings. The number of benzene rings is 1. The Labute approximate surface area is 107 Å². The fraction of sp³-hybridized carbons (Fsp3) is 0.571. The van der Waals surface area contributed by atoms with Gasteiger partial charge in [0.15, 0.2) is 0 Å². The van der Waals surface area contributed by atoms with Gasteiger partial charge in [-0.05, 0) is 37.1 Å². The van der Waals surface area contributed by atoms with E-state index in [-0.39, 0.29) is 0 Å². The van der Waals surface area contributed by atoms with Crippen molar-refractivity contribution in [3.63, 3.8) is 0 Å². The number of hydrogen-bond acceptors (Lipinski definition) is 1. The maximum Gasteiger partial charge on any atom is 0.0236 e. The van der Waals surface area contributed by atoms with E-state index in [0.29, 0.717) is 0 Å². The molecule has 1 aromatic carbocycles. The third-order valence-corrected chi connectivity index (χ3v) is 4.02. The zero-order valence-corrected chi connectivity index (χ0v) is 11.5. The van der Waals surface area contributed by atoms with Crippen molar-refractivity contribution < 1.29 is 0 Å². The van der Waals surface area contributed by atoms with E-state index in [9.17, 15) is 0 Å². The number of halogens is 1. The minimum Gasteiger partial charge on any atom is -0.296 e. The molecule has 0 unspecified atom stereocenters. The van der Waals surface area contributed by atoms with Gasteiger partial charge >= 0.3 is 0 Å². The topological polar surface area (TPSA) is 3.24 Å². The molecule has 16 heavy (non-hydrogen) atoms. The van der Waals surface area contributed by atoms with E-state index in [1.54, 1.807) is 0 Å². The van der Waals surface area contributed by atoms with Gasteiger partial charge in [-0.15, -0.1) is 0 Å². The van der Waals surface area contributed by atoms with Crippen LogP contribution < -0.4 is 0 Å². The van der Waals surface area contributed by atoms with Crippen molar-refractivity contribution in [2.24, 2.45) is 0 Å². The largest absolute Gasteiger partial charge is 0.296 e. The van der Waals surface area contributed by atoms with Crippen LogP contribution in [-0.2, 0) is 6.54 Å². The van der Waals surface area contributed by atoms with Crippen LogP contribution in [0.15, 0.2) is 28.7 Å². The lowest BCUT2D eigenvalue weighted by molar-refractivity contribution is 0.200. The van der Waals surface area contributed by atoms with Crippen LogP contribution in [0, 0.1) is 0 Å². The molecule has 2 rings (SSSR count). The first-order valence-electron chi connectivity index (χ1n) is 6.28. The van der Waals surface area contributed by atoms with E-state index in [1.165, 1.54) is 35.7 Å². The van der Waals surface area contributed by atoms with Gasteiger partial charge in [0, 0.05) is 17.1 Å². The summed E-state index contributed by atoms with van der Waals surface area (Å²) in [5.41, 5.74) is 1.42. The SMILES string of the molecule is CCN(Cc1cccc(Br)c1)C1CCCC1. The molecule has 0 radical (unpaired) electrons. The van der Waals surface area contributed by atoms with Gasteiger partial charge in [0.1, 0.15) is 0 Å². The number of hydrogen-bond donors (Lipinski definition) is 0. The van der Waals surface area contributed by atoms with Gasteiger partial charge in [-0.2, -0.15) is 0 Å². The van der Waals surface area contributed by atoms with Crippen LogP contribution in [0.25, 0.3) is 0 Å². The molecule has 1 fully saturated rings. The molecule has 0 N–H and O–H groups in total. The summed E-state index contributed by atoms with van der Waals surface area (Å²) in [7, 11) is 0. The third kappa shape index (κ3) is 3.08. The van der Waals surface area contributed by atoms with Crippen molar-refractivity contribution in [1.29, 1.82) is 0 Å². The van der Waals surface area contributed by atoms with E-state index in [2.05, 4.69) is 52.0 Å². The van der Waals surface area contributed by atoms with E-state index >= 15 is 0 Å². The van der Waals surface area contributed by atoms with Gasteiger partial charge < -0.3 is 0 Å². The predicted molar refractivity (Wildman–Crippen MR) is 72.5 cm³/mol. The van der Waals surface area contributed by atoms with E-state index in [4.69, 9.17) is 0 Å². The lowest BCUT2D eigenvalue weighted by Crippen LogP contribution is -2.32. The van der Waals surface area contributed by atoms with Crippen LogP contribution in [0.5, 0.6) is 0 Å². The summed E-state index contributed by atoms with van der Waals surface area (Å²) >= 11 is 3.54. The smallest absolute Gasteiger partial charge is 0.0236 e. The molecule has 0 amide bonds. The first-order chi connectivity index (χ1) is 7.79. The monoisotopic (exact) mass is 281 g/mol. The van der Waals surface area contributed by atoms with Gasteiger partial charge in [0.25, 0.3) is 0 Å². The summed E-state index contributed by atoms with van der Waals surface area (Å²) in [5.74, 6) is 0. The molecule has 0 bridgehead atoms. The van der Waals surface area contributed by atoms with Crippen molar-refractivity contribution >= 4 is 15.9 Å². The van der Waals surface area contributed by atoms with Crippen molar-refractivity contribution in [1.82, 2.24) is 4.90 Å². The molecular weight excluding hydrogens is 262 g/mol. The van der Waals surface area contributed by atoms with Crippen LogP contribution >= 0.6 is 15.9 Å². The molecule has 0 heterocycles. The van der Waals surface area contributed by atoms with E-state index in [1.807, 2.05) is 0 Å². The zero-order chi connectivity index (χ0) is 11.4. The fourth-order valence-electron chi connectivity index (χ4n) is 2.64. The van der Waals surface area contributed by atoms with Gasteiger partial charge in [0.05, 0.1) is 0 Å². The Morgan fingerprint density at radius 1 is 1.31 bits per heavy atom. The molecule has 1 aromatic rings. The highest BCUT2D eigenvalue weighted by Gasteiger charge is 2.21. The van der Waals surface area contributed by atoms with Gasteiger partial charge in [-0.3, -0.25) is 4.90 Å². The average molecular weight is 282 g/mol. The Bertz CT molecular complexity index is 331. The fourth-order valence-corrected chi connectivity index (χ4v) is 3.08. The lowest BCUT2D eigenvalue weighted by atomic mass is 10.1. The first kappa shape index (κ1) is 12.1. The zero-order valence-electron chi connectivity index (χ0n) is 9.95. The maximum absolute atomic E-state index is 3.54. The molecule has 0 spiro atoms. The second-order valence-corrected chi connectivity index (χ2v) is 5.55. The standard InChI is InChI=1S/C14H20BrN/c1-2-16(14-8-3-4-9-14)11-12-6-5-7-13(15)10-12/h5-7,10,14H,2-4,8-9,11H2,1H3. The molecule has 88 valence electrons. The summed E-state index contributed by atoms with van der Waals surface area (Å²) in [4.78, 5) is 2.62. The molecule has 0 saturated heterocycles. The Hall–Kier alpha value is -0.340. The minimum atomic E-state index is 0.823. The first-order valence-corrected chi connectivity index (χ1v) is 7.07. The number of nitrogens with zero attached hydrogens (tertiary/aromatic N) is 1. The van der Waals surface area contributed by atoms with Gasteiger partial charge in [-0.25, -0.2) is 0 Å². The summed E-state index contributed by atoms with van der Waals surface area (Å²) < 4.78 is 1.19. The van der Waals surface area contributed by atoms with Crippen LogP contribution in [-0.4, -0.2) is 17.5 Å². The van der Waals surface area contributed by atoms with Crippen LogP contribution in [0.1, 0.15) is 38.2 Å². The highest BCUT2D eigenvalue weighted by Crippen LogP contribution is 2.25. The lowest BCUT2D eigenvalue weighted by Gasteiger charge is -2.27.